The molecule has 0 bridgehead atoms. The van der Waals surface area contributed by atoms with E-state index in [4.69, 9.17) is 0 Å². The molecule has 0 radical (unpaired) electrons. The first kappa shape index (κ1) is 37.4. The van der Waals surface area contributed by atoms with Crippen LogP contribution in [0.3, 0.4) is 0 Å². The highest BCUT2D eigenvalue weighted by Crippen LogP contribution is 2.40. The molecule has 0 spiro atoms. The average molecular weight is 688 g/mol. The molecule has 5 N–H and O–H groups in total. The lowest BCUT2D eigenvalue weighted by Gasteiger charge is -2.40. The van der Waals surface area contributed by atoms with Gasteiger partial charge in [-0.3, -0.25) is 19.2 Å². The third-order valence-corrected chi connectivity index (χ3v) is 9.75. The van der Waals surface area contributed by atoms with Crippen molar-refractivity contribution in [3.05, 3.63) is 70.7 Å². The first-order chi connectivity index (χ1) is 23.1. The summed E-state index contributed by atoms with van der Waals surface area (Å²) in [5.41, 5.74) is -1.36. The van der Waals surface area contributed by atoms with Gasteiger partial charge in [0.1, 0.15) is 17.4 Å². The maximum atomic E-state index is 14.4. The molecule has 3 aromatic rings. The van der Waals surface area contributed by atoms with Crippen LogP contribution in [0.25, 0.3) is 10.9 Å². The average Bonchev–Trinajstić information content (AvgIpc) is 3.42. The molecule has 0 saturated carbocycles. The van der Waals surface area contributed by atoms with Crippen molar-refractivity contribution in [2.75, 3.05) is 6.54 Å². The van der Waals surface area contributed by atoms with Gasteiger partial charge in [0.25, 0.3) is 0 Å². The minimum absolute atomic E-state index is 0.0511. The Morgan fingerprint density at radius 2 is 1.65 bits per heavy atom. The van der Waals surface area contributed by atoms with E-state index in [1.54, 1.807) is 19.1 Å². The van der Waals surface area contributed by atoms with Gasteiger partial charge in [0.05, 0.1) is 17.5 Å². The Morgan fingerprint density at radius 1 is 0.959 bits per heavy atom. The van der Waals surface area contributed by atoms with E-state index in [2.05, 4.69) is 26.3 Å². The van der Waals surface area contributed by atoms with Crippen molar-refractivity contribution >= 4 is 34.5 Å². The smallest absolute Gasteiger partial charge is 0.358 e. The van der Waals surface area contributed by atoms with E-state index in [1.165, 1.54) is 31.2 Å². The fourth-order valence-corrected chi connectivity index (χ4v) is 6.36. The summed E-state index contributed by atoms with van der Waals surface area (Å²) >= 11 is 0. The van der Waals surface area contributed by atoms with Crippen LogP contribution in [0.2, 0.25) is 0 Å². The summed E-state index contributed by atoms with van der Waals surface area (Å²) in [6, 6.07) is 8.07. The van der Waals surface area contributed by atoms with E-state index in [-0.39, 0.29) is 61.1 Å². The molecule has 1 aliphatic carbocycles. The van der Waals surface area contributed by atoms with Crippen LogP contribution in [0.5, 0.6) is 0 Å². The molecule has 4 amide bonds. The molecule has 1 heterocycles. The van der Waals surface area contributed by atoms with Crippen molar-refractivity contribution in [2.45, 2.75) is 96.9 Å². The summed E-state index contributed by atoms with van der Waals surface area (Å²) < 4.78 is 56.2. The zero-order chi connectivity index (χ0) is 36.1. The second-order valence-electron chi connectivity index (χ2n) is 13.2. The number of hydrogen-bond acceptors (Lipinski definition) is 4. The van der Waals surface area contributed by atoms with Gasteiger partial charge in [-0.2, -0.15) is 13.2 Å². The number of hydrogen-bond donors (Lipinski definition) is 5. The summed E-state index contributed by atoms with van der Waals surface area (Å²) in [6.45, 7) is 8.96. The van der Waals surface area contributed by atoms with Crippen LogP contribution >= 0.6 is 0 Å². The fourth-order valence-electron chi connectivity index (χ4n) is 6.36. The van der Waals surface area contributed by atoms with Gasteiger partial charge in [-0.15, -0.1) is 0 Å². The number of carbonyl (C=O) groups excluding carboxylic acids is 4. The maximum absolute atomic E-state index is 14.4. The third kappa shape index (κ3) is 8.60. The molecule has 0 saturated heterocycles. The van der Waals surface area contributed by atoms with Crippen LogP contribution in [-0.4, -0.2) is 52.8 Å². The number of carbonyl (C=O) groups is 4. The van der Waals surface area contributed by atoms with Crippen LogP contribution in [0.15, 0.2) is 42.5 Å². The monoisotopic (exact) mass is 687 g/mol. The molecule has 2 unspecified atom stereocenters. The van der Waals surface area contributed by atoms with E-state index >= 15 is 0 Å². The summed E-state index contributed by atoms with van der Waals surface area (Å²) in [6.07, 6.45) is -3.69. The zero-order valence-electron chi connectivity index (χ0n) is 28.4. The van der Waals surface area contributed by atoms with Gasteiger partial charge in [0.2, 0.25) is 23.6 Å². The van der Waals surface area contributed by atoms with E-state index in [0.29, 0.717) is 29.5 Å². The number of nitrogens with one attached hydrogen (secondary N) is 5. The number of rotatable bonds is 13. The molecule has 13 heteroatoms. The SMILES string of the molecule is CCC(C)[C@H](NC(=O)Cc1ccccc1F)C(=O)N[C@]1(C(=O)N[C@H](CNC(C)=O)C(C)CC)CCc2[nH]c3c(C(F)(F)F)cccc3c2C1. The minimum atomic E-state index is -4.62. The lowest BCUT2D eigenvalue weighted by molar-refractivity contribution is -0.137. The Kier molecular flexibility index (Phi) is 11.8. The Hall–Kier alpha value is -4.42. The van der Waals surface area contributed by atoms with Crippen LogP contribution in [0, 0.1) is 17.7 Å². The molecule has 0 fully saturated rings. The first-order valence-corrected chi connectivity index (χ1v) is 16.7. The predicted octanol–water partition coefficient (Wildman–Crippen LogP) is 5.11. The minimum Gasteiger partial charge on any atom is -0.358 e. The van der Waals surface area contributed by atoms with Crippen LogP contribution in [0.4, 0.5) is 17.6 Å². The zero-order valence-corrected chi connectivity index (χ0v) is 28.4. The Morgan fingerprint density at radius 3 is 2.29 bits per heavy atom. The molecule has 1 aromatic heterocycles. The Labute approximate surface area is 283 Å². The van der Waals surface area contributed by atoms with E-state index in [1.807, 2.05) is 20.8 Å². The van der Waals surface area contributed by atoms with Gasteiger partial charge in [-0.05, 0) is 47.9 Å². The van der Waals surface area contributed by atoms with Crippen molar-refractivity contribution in [3.8, 4) is 0 Å². The van der Waals surface area contributed by atoms with Gasteiger partial charge in [0, 0.05) is 37.0 Å². The number of fused-ring (bicyclic) bond motifs is 3. The second-order valence-corrected chi connectivity index (χ2v) is 13.2. The van der Waals surface area contributed by atoms with Gasteiger partial charge in [-0.1, -0.05) is 70.9 Å². The number of benzene rings is 2. The second kappa shape index (κ2) is 15.4. The molecule has 266 valence electrons. The normalized spacial score (nSPS) is 18.5. The number of aromatic nitrogens is 1. The first-order valence-electron chi connectivity index (χ1n) is 16.7. The van der Waals surface area contributed by atoms with Crippen molar-refractivity contribution in [1.82, 2.24) is 26.3 Å². The number of amides is 4. The van der Waals surface area contributed by atoms with Crippen LogP contribution in [-0.2, 0) is 44.6 Å². The van der Waals surface area contributed by atoms with E-state index in [0.717, 1.165) is 6.07 Å². The number of aryl methyl sites for hydroxylation is 1. The predicted molar refractivity (Wildman–Crippen MR) is 178 cm³/mol. The molecular weight excluding hydrogens is 642 g/mol. The van der Waals surface area contributed by atoms with Gasteiger partial charge < -0.3 is 26.3 Å². The largest absolute Gasteiger partial charge is 0.418 e. The highest BCUT2D eigenvalue weighted by atomic mass is 19.4. The Bertz CT molecular complexity index is 1690. The molecule has 2 aromatic carbocycles. The summed E-state index contributed by atoms with van der Waals surface area (Å²) in [5.74, 6) is -3.09. The molecule has 9 nitrogen and oxygen atoms in total. The number of para-hydroxylation sites is 1. The molecule has 49 heavy (non-hydrogen) atoms. The standard InChI is InChI=1S/C36H45F4N5O4/c1-6-20(3)29(19-41-22(5)46)43-34(49)35(16-15-28-25(18-35)24-12-10-13-26(32(24)42-28)36(38,39)40)45-33(48)31(21(4)7-2)44-30(47)17-23-11-8-9-14-27(23)37/h8-14,20-21,29,31,42H,6-7,15-19H2,1-5H3,(H,41,46)(H,43,49)(H,44,47)(H,45,48)/t20?,21?,29-,31+,35-/m1/s1. The van der Waals surface area contributed by atoms with Gasteiger partial charge in [0.15, 0.2) is 0 Å². The number of halogens is 4. The van der Waals surface area contributed by atoms with E-state index < -0.39 is 52.9 Å². The fraction of sp³-hybridized carbons (Fsp3) is 0.500. The van der Waals surface area contributed by atoms with Crippen molar-refractivity contribution < 1.29 is 36.7 Å². The molecule has 4 rings (SSSR count). The third-order valence-electron chi connectivity index (χ3n) is 9.75. The highest BCUT2D eigenvalue weighted by Gasteiger charge is 2.47. The molecule has 1 aliphatic rings. The Balaban J connectivity index is 1.72. The summed E-state index contributed by atoms with van der Waals surface area (Å²) in [5, 5.41) is 11.7. The van der Waals surface area contributed by atoms with Gasteiger partial charge >= 0.3 is 6.18 Å². The lowest BCUT2D eigenvalue weighted by Crippen LogP contribution is -2.66. The maximum Gasteiger partial charge on any atom is 0.418 e. The molecule has 0 aliphatic heterocycles. The molecule has 5 atom stereocenters. The van der Waals surface area contributed by atoms with Crippen molar-refractivity contribution in [3.63, 3.8) is 0 Å². The lowest BCUT2D eigenvalue weighted by atomic mass is 9.78. The molecular formula is C36H45F4N5O4. The quantitative estimate of drug-likeness (QED) is 0.160. The summed E-state index contributed by atoms with van der Waals surface area (Å²) in [7, 11) is 0. The van der Waals surface area contributed by atoms with Crippen LogP contribution < -0.4 is 21.3 Å². The van der Waals surface area contributed by atoms with E-state index in [9.17, 15) is 36.7 Å². The number of alkyl halides is 3. The van der Waals surface area contributed by atoms with Crippen molar-refractivity contribution in [2.24, 2.45) is 11.8 Å². The topological polar surface area (TPSA) is 132 Å². The summed E-state index contributed by atoms with van der Waals surface area (Å²) in [4.78, 5) is 56.4. The highest BCUT2D eigenvalue weighted by molar-refractivity contribution is 5.97. The van der Waals surface area contributed by atoms with Crippen LogP contribution in [0.1, 0.15) is 76.3 Å². The van der Waals surface area contributed by atoms with Crippen molar-refractivity contribution in [1.29, 1.82) is 0 Å². The van der Waals surface area contributed by atoms with Gasteiger partial charge in [-0.25, -0.2) is 4.39 Å². The number of H-pyrrole nitrogens is 1. The number of aromatic amines is 1.